The van der Waals surface area contributed by atoms with Crippen LogP contribution in [0, 0.1) is 0 Å². The van der Waals surface area contributed by atoms with E-state index in [1.165, 1.54) is 0 Å². The quantitative estimate of drug-likeness (QED) is 0.473. The summed E-state index contributed by atoms with van der Waals surface area (Å²) in [6.07, 6.45) is 5.23. The Balaban J connectivity index is 1.37. The fourth-order valence-corrected chi connectivity index (χ4v) is 5.38. The molecule has 2 aliphatic heterocycles. The molecule has 10 heteroatoms. The van der Waals surface area contributed by atoms with Gasteiger partial charge in [0, 0.05) is 35.4 Å². The molecule has 194 valence electrons. The minimum atomic E-state index is -1.11. The summed E-state index contributed by atoms with van der Waals surface area (Å²) in [7, 11) is 0. The van der Waals surface area contributed by atoms with Gasteiger partial charge in [0.2, 0.25) is 0 Å². The first-order valence-electron chi connectivity index (χ1n) is 12.2. The molecule has 4 rings (SSSR count). The van der Waals surface area contributed by atoms with Gasteiger partial charge in [-0.1, -0.05) is 23.2 Å². The maximum Gasteiger partial charge on any atom is 0.263 e. The van der Waals surface area contributed by atoms with Crippen molar-refractivity contribution in [1.82, 2.24) is 15.6 Å². The Morgan fingerprint density at radius 2 is 1.89 bits per heavy atom. The van der Waals surface area contributed by atoms with E-state index >= 15 is 0 Å². The molecule has 1 aromatic carbocycles. The number of amides is 2. The van der Waals surface area contributed by atoms with Crippen molar-refractivity contribution >= 4 is 40.8 Å². The van der Waals surface area contributed by atoms with E-state index < -0.39 is 5.60 Å². The lowest BCUT2D eigenvalue weighted by atomic mass is 9.96. The molecule has 8 nitrogen and oxygen atoms in total. The Morgan fingerprint density at radius 3 is 2.47 bits per heavy atom. The van der Waals surface area contributed by atoms with E-state index in [1.807, 2.05) is 6.07 Å². The summed E-state index contributed by atoms with van der Waals surface area (Å²) in [4.78, 5) is 32.3. The van der Waals surface area contributed by atoms with Crippen LogP contribution in [0.15, 0.2) is 36.5 Å². The van der Waals surface area contributed by atoms with Crippen molar-refractivity contribution in [3.63, 3.8) is 0 Å². The minimum absolute atomic E-state index is 0.0276. The third-order valence-corrected chi connectivity index (χ3v) is 7.33. The molecule has 3 N–H and O–H groups in total. The van der Waals surface area contributed by atoms with Crippen LogP contribution >= 0.6 is 23.2 Å². The Labute approximate surface area is 221 Å². The van der Waals surface area contributed by atoms with Crippen LogP contribution in [-0.2, 0) is 4.79 Å². The third kappa shape index (κ3) is 5.88. The SMILES string of the molecule is C[C@H](CO)NC(=O)c1ccc(N2[C@@H]3CC[C@H]2C[C@@H](NC(=O)C(C)(C)Oc2ccc(Cl)cc2Cl)C3)nc1. The highest BCUT2D eigenvalue weighted by atomic mass is 35.5. The standard InChI is InChI=1S/C26H32Cl2N4O4/c1-15(14-33)30-24(34)16-4-9-23(29-13-16)32-19-6-7-20(32)12-18(11-19)31-25(35)26(2,3)36-22-8-5-17(27)10-21(22)28/h4-5,8-10,13,15,18-20,33H,6-7,11-12,14H2,1-3H3,(H,30,34)(H,31,35)/t15-,18-,19+,20-/m1/s1. The van der Waals surface area contributed by atoms with Gasteiger partial charge in [-0.25, -0.2) is 4.98 Å². The van der Waals surface area contributed by atoms with E-state index in [1.54, 1.807) is 51.2 Å². The highest BCUT2D eigenvalue weighted by Crippen LogP contribution is 2.39. The van der Waals surface area contributed by atoms with Crippen molar-refractivity contribution < 1.29 is 19.4 Å². The molecule has 36 heavy (non-hydrogen) atoms. The molecule has 1 aromatic heterocycles. The second-order valence-corrected chi connectivity index (χ2v) is 10.9. The highest BCUT2D eigenvalue weighted by Gasteiger charge is 2.43. The van der Waals surface area contributed by atoms with E-state index in [4.69, 9.17) is 33.0 Å². The van der Waals surface area contributed by atoms with Gasteiger partial charge in [0.1, 0.15) is 11.6 Å². The van der Waals surface area contributed by atoms with Gasteiger partial charge in [0.25, 0.3) is 11.8 Å². The summed E-state index contributed by atoms with van der Waals surface area (Å²) in [5.41, 5.74) is -0.657. The molecule has 2 amide bonds. The number of anilines is 1. The van der Waals surface area contributed by atoms with Crippen LogP contribution in [0.3, 0.4) is 0 Å². The van der Waals surface area contributed by atoms with Crippen molar-refractivity contribution in [3.05, 3.63) is 52.1 Å². The third-order valence-electron chi connectivity index (χ3n) is 6.80. The molecule has 0 spiro atoms. The van der Waals surface area contributed by atoms with Crippen LogP contribution in [0.25, 0.3) is 0 Å². The fourth-order valence-electron chi connectivity index (χ4n) is 4.93. The summed E-state index contributed by atoms with van der Waals surface area (Å²) in [6, 6.07) is 8.77. The number of halogens is 2. The maximum absolute atomic E-state index is 13.1. The molecule has 3 heterocycles. The smallest absolute Gasteiger partial charge is 0.263 e. The number of carbonyl (C=O) groups is 2. The zero-order valence-corrected chi connectivity index (χ0v) is 22.1. The number of aliphatic hydroxyl groups is 1. The Kier molecular flexibility index (Phi) is 7.97. The maximum atomic E-state index is 13.1. The largest absolute Gasteiger partial charge is 0.476 e. The first-order chi connectivity index (χ1) is 17.1. The topological polar surface area (TPSA) is 104 Å². The van der Waals surface area contributed by atoms with Crippen molar-refractivity contribution in [2.45, 2.75) is 76.2 Å². The molecular weight excluding hydrogens is 503 g/mol. The lowest BCUT2D eigenvalue weighted by Crippen LogP contribution is -2.55. The number of piperidine rings is 1. The minimum Gasteiger partial charge on any atom is -0.476 e. The first kappa shape index (κ1) is 26.5. The van der Waals surface area contributed by atoms with Gasteiger partial charge in [-0.2, -0.15) is 0 Å². The van der Waals surface area contributed by atoms with Gasteiger partial charge < -0.3 is 25.4 Å². The van der Waals surface area contributed by atoms with Crippen molar-refractivity contribution in [1.29, 1.82) is 0 Å². The van der Waals surface area contributed by atoms with Crippen molar-refractivity contribution in [2.75, 3.05) is 11.5 Å². The average molecular weight is 535 g/mol. The number of aliphatic hydroxyl groups excluding tert-OH is 1. The Bertz CT molecular complexity index is 1100. The number of hydrogen-bond donors (Lipinski definition) is 3. The summed E-state index contributed by atoms with van der Waals surface area (Å²) in [5.74, 6) is 0.784. The second kappa shape index (κ2) is 10.8. The first-order valence-corrected chi connectivity index (χ1v) is 12.9. The number of carbonyl (C=O) groups excluding carboxylic acids is 2. The molecule has 2 aromatic rings. The molecule has 0 saturated carbocycles. The number of nitrogens with one attached hydrogen (secondary N) is 2. The molecule has 2 fully saturated rings. The predicted octanol–water partition coefficient (Wildman–Crippen LogP) is 3.97. The zero-order chi connectivity index (χ0) is 26.0. The number of pyridine rings is 1. The molecule has 0 radical (unpaired) electrons. The summed E-state index contributed by atoms with van der Waals surface area (Å²) in [6.45, 7) is 5.06. The van der Waals surface area contributed by atoms with E-state index in [9.17, 15) is 9.59 Å². The normalized spacial score (nSPS) is 22.2. The van der Waals surface area contributed by atoms with Gasteiger partial charge in [-0.05, 0) is 76.8 Å². The molecule has 2 saturated heterocycles. The molecular formula is C26H32Cl2N4O4. The second-order valence-electron chi connectivity index (χ2n) is 10.1. The number of aromatic nitrogens is 1. The van der Waals surface area contributed by atoms with E-state index in [0.717, 1.165) is 31.5 Å². The van der Waals surface area contributed by atoms with Gasteiger partial charge >= 0.3 is 0 Å². The van der Waals surface area contributed by atoms with Crippen LogP contribution in [0.1, 0.15) is 56.8 Å². The fraction of sp³-hybridized carbons (Fsp3) is 0.500. The lowest BCUT2D eigenvalue weighted by Gasteiger charge is -2.40. The van der Waals surface area contributed by atoms with Crippen LogP contribution in [0.2, 0.25) is 10.0 Å². The summed E-state index contributed by atoms with van der Waals surface area (Å²) < 4.78 is 5.94. The monoisotopic (exact) mass is 534 g/mol. The zero-order valence-electron chi connectivity index (χ0n) is 20.6. The van der Waals surface area contributed by atoms with Gasteiger partial charge in [-0.3, -0.25) is 9.59 Å². The number of nitrogens with zero attached hydrogens (tertiary/aromatic N) is 2. The summed E-state index contributed by atoms with van der Waals surface area (Å²) >= 11 is 12.2. The van der Waals surface area contributed by atoms with Crippen LogP contribution < -0.4 is 20.3 Å². The van der Waals surface area contributed by atoms with Gasteiger partial charge in [-0.15, -0.1) is 0 Å². The molecule has 2 aliphatic rings. The Morgan fingerprint density at radius 1 is 1.19 bits per heavy atom. The van der Waals surface area contributed by atoms with Crippen LogP contribution in [0.4, 0.5) is 5.82 Å². The number of fused-ring (bicyclic) bond motifs is 2. The summed E-state index contributed by atoms with van der Waals surface area (Å²) in [5, 5.41) is 15.9. The van der Waals surface area contributed by atoms with Gasteiger partial charge in [0.05, 0.1) is 17.2 Å². The van der Waals surface area contributed by atoms with E-state index in [-0.39, 0.29) is 42.6 Å². The van der Waals surface area contributed by atoms with Crippen LogP contribution in [0.5, 0.6) is 5.75 Å². The molecule has 2 bridgehead atoms. The average Bonchev–Trinajstić information content (AvgIpc) is 3.10. The van der Waals surface area contributed by atoms with Gasteiger partial charge in [0.15, 0.2) is 5.60 Å². The Hall–Kier alpha value is -2.55. The number of hydrogen-bond acceptors (Lipinski definition) is 6. The number of rotatable bonds is 8. The molecule has 0 aliphatic carbocycles. The lowest BCUT2D eigenvalue weighted by molar-refractivity contribution is -0.135. The van der Waals surface area contributed by atoms with E-state index in [0.29, 0.717) is 21.4 Å². The van der Waals surface area contributed by atoms with E-state index in [2.05, 4.69) is 20.5 Å². The molecule has 4 atom stereocenters. The van der Waals surface area contributed by atoms with Crippen LogP contribution in [-0.4, -0.2) is 58.3 Å². The predicted molar refractivity (Wildman–Crippen MR) is 140 cm³/mol. The highest BCUT2D eigenvalue weighted by molar-refractivity contribution is 6.35. The number of ether oxygens (including phenoxy) is 1. The van der Waals surface area contributed by atoms with Crippen molar-refractivity contribution in [2.24, 2.45) is 0 Å². The molecule has 0 unspecified atom stereocenters. The number of benzene rings is 1. The van der Waals surface area contributed by atoms with Crippen molar-refractivity contribution in [3.8, 4) is 5.75 Å².